The van der Waals surface area contributed by atoms with Gasteiger partial charge in [0.2, 0.25) is 0 Å². The van der Waals surface area contributed by atoms with E-state index >= 15 is 0 Å². The van der Waals surface area contributed by atoms with Crippen molar-refractivity contribution in [2.45, 2.75) is 0 Å². The quantitative estimate of drug-likeness (QED) is 0.437. The topological polar surface area (TPSA) is 31.6 Å². The summed E-state index contributed by atoms with van der Waals surface area (Å²) in [5.74, 6) is -1.20. The minimum Gasteiger partial charge on any atom is -0.331 e. The number of fused-ring (bicyclic) bond motifs is 1. The molecule has 13 heavy (non-hydrogen) atoms. The Morgan fingerprint density at radius 3 is 2.69 bits per heavy atom. The molecule has 6 heteroatoms. The molecular weight excluding hydrogens is 309 g/mol. The molecule has 0 fully saturated rings. The standard InChI is InChI=1S/C7H3F2IN2S/c8-2-1-3-6(4(9)5(2)10)12-7(13)11-3/h1H,(H2,11,12,13). The predicted octanol–water partition coefficient (Wildman–Crippen LogP) is 3.11. The van der Waals surface area contributed by atoms with Crippen LogP contribution in [0.3, 0.4) is 0 Å². The van der Waals surface area contributed by atoms with Gasteiger partial charge in [-0.15, -0.1) is 0 Å². The number of aromatic amines is 2. The van der Waals surface area contributed by atoms with Crippen LogP contribution in [0, 0.1) is 20.0 Å². The van der Waals surface area contributed by atoms with Crippen molar-refractivity contribution in [3.8, 4) is 0 Å². The van der Waals surface area contributed by atoms with E-state index in [1.165, 1.54) is 6.07 Å². The molecule has 0 unspecified atom stereocenters. The van der Waals surface area contributed by atoms with E-state index in [1.807, 2.05) is 0 Å². The van der Waals surface area contributed by atoms with E-state index < -0.39 is 11.6 Å². The second-order valence-corrected chi connectivity index (χ2v) is 3.98. The fraction of sp³-hybridized carbons (Fsp3) is 0. The van der Waals surface area contributed by atoms with Gasteiger partial charge in [-0.1, -0.05) is 0 Å². The predicted molar refractivity (Wildman–Crippen MR) is 56.1 cm³/mol. The molecule has 0 saturated carbocycles. The Labute approximate surface area is 90.5 Å². The molecule has 0 saturated heterocycles. The third kappa shape index (κ3) is 1.37. The molecule has 0 bridgehead atoms. The monoisotopic (exact) mass is 312 g/mol. The maximum atomic E-state index is 13.3. The summed E-state index contributed by atoms with van der Waals surface area (Å²) >= 11 is 6.36. The van der Waals surface area contributed by atoms with Gasteiger partial charge in [0, 0.05) is 6.07 Å². The number of halogens is 3. The lowest BCUT2D eigenvalue weighted by Crippen LogP contribution is -1.89. The number of rotatable bonds is 0. The van der Waals surface area contributed by atoms with Gasteiger partial charge in [0.05, 0.1) is 9.09 Å². The van der Waals surface area contributed by atoms with Crippen molar-refractivity contribution in [2.24, 2.45) is 0 Å². The maximum Gasteiger partial charge on any atom is 0.175 e. The Bertz CT molecular complexity index is 531. The first-order valence-electron chi connectivity index (χ1n) is 3.35. The van der Waals surface area contributed by atoms with Crippen LogP contribution in [0.2, 0.25) is 0 Å². The van der Waals surface area contributed by atoms with Gasteiger partial charge in [-0.05, 0) is 34.8 Å². The molecule has 68 valence electrons. The molecule has 0 aliphatic carbocycles. The third-order valence-corrected chi connectivity index (χ3v) is 2.84. The molecule has 2 nitrogen and oxygen atoms in total. The highest BCUT2D eigenvalue weighted by Gasteiger charge is 2.12. The Morgan fingerprint density at radius 2 is 2.00 bits per heavy atom. The molecule has 2 aromatic rings. The molecule has 0 spiro atoms. The van der Waals surface area contributed by atoms with Gasteiger partial charge in [-0.25, -0.2) is 8.78 Å². The van der Waals surface area contributed by atoms with Crippen LogP contribution in [-0.4, -0.2) is 9.97 Å². The van der Waals surface area contributed by atoms with E-state index in [0.717, 1.165) is 0 Å². The molecule has 0 radical (unpaired) electrons. The molecule has 0 atom stereocenters. The van der Waals surface area contributed by atoms with Crippen molar-refractivity contribution in [2.75, 3.05) is 0 Å². The largest absolute Gasteiger partial charge is 0.331 e. The highest BCUT2D eigenvalue weighted by molar-refractivity contribution is 14.1. The van der Waals surface area contributed by atoms with Gasteiger partial charge in [-0.3, -0.25) is 0 Å². The molecule has 1 aromatic heterocycles. The number of hydrogen-bond donors (Lipinski definition) is 2. The van der Waals surface area contributed by atoms with Crippen molar-refractivity contribution in [1.82, 2.24) is 9.97 Å². The fourth-order valence-corrected chi connectivity index (χ4v) is 1.72. The van der Waals surface area contributed by atoms with Crippen LogP contribution in [0.1, 0.15) is 0 Å². The minimum absolute atomic E-state index is 0.0321. The third-order valence-electron chi connectivity index (χ3n) is 1.65. The molecule has 0 amide bonds. The van der Waals surface area contributed by atoms with Crippen LogP contribution >= 0.6 is 34.8 Å². The van der Waals surface area contributed by atoms with Crippen molar-refractivity contribution in [1.29, 1.82) is 0 Å². The van der Waals surface area contributed by atoms with Crippen LogP contribution in [0.25, 0.3) is 11.0 Å². The number of benzene rings is 1. The van der Waals surface area contributed by atoms with E-state index in [1.54, 1.807) is 22.6 Å². The number of imidazole rings is 1. The number of nitrogens with one attached hydrogen (secondary N) is 2. The highest BCUT2D eigenvalue weighted by Crippen LogP contribution is 2.22. The molecule has 2 rings (SSSR count). The summed E-state index contributed by atoms with van der Waals surface area (Å²) < 4.78 is 26.6. The average Bonchev–Trinajstić information content (AvgIpc) is 2.42. The first-order valence-corrected chi connectivity index (χ1v) is 4.84. The second kappa shape index (κ2) is 3.02. The van der Waals surface area contributed by atoms with E-state index in [-0.39, 0.29) is 13.9 Å². The summed E-state index contributed by atoms with van der Waals surface area (Å²) in [6, 6.07) is 1.21. The SMILES string of the molecule is Fc1cc2[nH]c(=S)[nH]c2c(F)c1I. The van der Waals surface area contributed by atoms with Gasteiger partial charge in [0.25, 0.3) is 0 Å². The fourth-order valence-electron chi connectivity index (χ4n) is 1.08. The molecule has 0 aliphatic heterocycles. The smallest absolute Gasteiger partial charge is 0.175 e. The Balaban J connectivity index is 3.00. The second-order valence-electron chi connectivity index (χ2n) is 2.49. The zero-order chi connectivity index (χ0) is 9.59. The van der Waals surface area contributed by atoms with Crippen LogP contribution in [0.5, 0.6) is 0 Å². The summed E-state index contributed by atoms with van der Waals surface area (Å²) in [5, 5.41) is 0. The normalized spacial score (nSPS) is 11.0. The van der Waals surface area contributed by atoms with Crippen LogP contribution in [0.15, 0.2) is 6.07 Å². The summed E-state index contributed by atoms with van der Waals surface area (Å²) in [6.45, 7) is 0. The number of hydrogen-bond acceptors (Lipinski definition) is 1. The summed E-state index contributed by atoms with van der Waals surface area (Å²) in [6.07, 6.45) is 0. The number of H-pyrrole nitrogens is 2. The van der Waals surface area contributed by atoms with E-state index in [0.29, 0.717) is 5.52 Å². The minimum atomic E-state index is -0.608. The molecule has 1 heterocycles. The van der Waals surface area contributed by atoms with Gasteiger partial charge in [-0.2, -0.15) is 0 Å². The zero-order valence-electron chi connectivity index (χ0n) is 6.12. The summed E-state index contributed by atoms with van der Waals surface area (Å²) in [5.41, 5.74) is 0.566. The molecular formula is C7H3F2IN2S. The van der Waals surface area contributed by atoms with Gasteiger partial charge in [0.15, 0.2) is 10.6 Å². The Morgan fingerprint density at radius 1 is 1.31 bits per heavy atom. The van der Waals surface area contributed by atoms with Gasteiger partial charge < -0.3 is 9.97 Å². The summed E-state index contributed by atoms with van der Waals surface area (Å²) in [4.78, 5) is 5.25. The number of aromatic nitrogens is 2. The summed E-state index contributed by atoms with van der Waals surface area (Å²) in [7, 11) is 0. The first kappa shape index (κ1) is 9.07. The average molecular weight is 312 g/mol. The Kier molecular flexibility index (Phi) is 2.11. The van der Waals surface area contributed by atoms with E-state index in [4.69, 9.17) is 12.2 Å². The molecule has 1 aromatic carbocycles. The van der Waals surface area contributed by atoms with Crippen molar-refractivity contribution in [3.63, 3.8) is 0 Å². The van der Waals surface area contributed by atoms with Crippen molar-refractivity contribution < 1.29 is 8.78 Å². The van der Waals surface area contributed by atoms with E-state index in [2.05, 4.69) is 9.97 Å². The Hall–Kier alpha value is -0.500. The van der Waals surface area contributed by atoms with Crippen LogP contribution in [0.4, 0.5) is 8.78 Å². The highest BCUT2D eigenvalue weighted by atomic mass is 127. The van der Waals surface area contributed by atoms with Crippen molar-refractivity contribution in [3.05, 3.63) is 26.0 Å². The van der Waals surface area contributed by atoms with Gasteiger partial charge in [0.1, 0.15) is 11.3 Å². The van der Waals surface area contributed by atoms with Crippen LogP contribution < -0.4 is 0 Å². The van der Waals surface area contributed by atoms with Gasteiger partial charge >= 0.3 is 0 Å². The van der Waals surface area contributed by atoms with E-state index in [9.17, 15) is 8.78 Å². The van der Waals surface area contributed by atoms with Crippen LogP contribution in [-0.2, 0) is 0 Å². The molecule has 2 N–H and O–H groups in total. The lowest BCUT2D eigenvalue weighted by Gasteiger charge is -1.96. The van der Waals surface area contributed by atoms with Crippen molar-refractivity contribution >= 4 is 45.8 Å². The lowest BCUT2D eigenvalue weighted by molar-refractivity contribution is 0.578. The maximum absolute atomic E-state index is 13.3. The lowest BCUT2D eigenvalue weighted by atomic mass is 10.3. The zero-order valence-corrected chi connectivity index (χ0v) is 9.09. The molecule has 0 aliphatic rings. The first-order chi connectivity index (χ1) is 6.09.